The van der Waals surface area contributed by atoms with Gasteiger partial charge in [-0.15, -0.1) is 0 Å². The minimum absolute atomic E-state index is 0.339. The van der Waals surface area contributed by atoms with Crippen molar-refractivity contribution < 1.29 is 9.90 Å². The highest BCUT2D eigenvalue weighted by Gasteiger charge is 2.08. The highest BCUT2D eigenvalue weighted by atomic mass is 16.4. The molecule has 0 fully saturated rings. The standard InChI is InChI=1S/C15H15NO2/c1-9-7-11(3-5-13(9)15(17)18)12-4-6-14(16)10(2)8-12/h3-8H,16H2,1-2H3,(H,17,18). The Labute approximate surface area is 106 Å². The SMILES string of the molecule is Cc1cc(-c2ccc(C(=O)O)c(C)c2)ccc1N. The quantitative estimate of drug-likeness (QED) is 0.793. The summed E-state index contributed by atoms with van der Waals surface area (Å²) in [6, 6.07) is 11.2. The summed E-state index contributed by atoms with van der Waals surface area (Å²) in [4.78, 5) is 11.0. The number of carbonyl (C=O) groups is 1. The lowest BCUT2D eigenvalue weighted by Gasteiger charge is -2.08. The Hall–Kier alpha value is -2.29. The second kappa shape index (κ2) is 4.53. The van der Waals surface area contributed by atoms with Crippen LogP contribution in [0.1, 0.15) is 21.5 Å². The topological polar surface area (TPSA) is 63.3 Å². The molecule has 0 bridgehead atoms. The predicted octanol–water partition coefficient (Wildman–Crippen LogP) is 3.25. The number of carboxylic acid groups (broad SMARTS) is 1. The predicted molar refractivity (Wildman–Crippen MR) is 72.7 cm³/mol. The van der Waals surface area contributed by atoms with Gasteiger partial charge in [0.15, 0.2) is 0 Å². The van der Waals surface area contributed by atoms with Gasteiger partial charge < -0.3 is 10.8 Å². The smallest absolute Gasteiger partial charge is 0.335 e. The third-order valence-corrected chi connectivity index (χ3v) is 3.06. The minimum Gasteiger partial charge on any atom is -0.478 e. The third kappa shape index (κ3) is 2.20. The molecule has 0 aliphatic carbocycles. The highest BCUT2D eigenvalue weighted by molar-refractivity contribution is 5.90. The van der Waals surface area contributed by atoms with Crippen molar-refractivity contribution in [3.8, 4) is 11.1 Å². The van der Waals surface area contributed by atoms with Crippen molar-refractivity contribution in [2.45, 2.75) is 13.8 Å². The number of benzene rings is 2. The van der Waals surface area contributed by atoms with E-state index in [-0.39, 0.29) is 0 Å². The van der Waals surface area contributed by atoms with Crippen molar-refractivity contribution in [3.05, 3.63) is 53.1 Å². The Morgan fingerprint density at radius 2 is 1.56 bits per heavy atom. The number of aromatic carboxylic acids is 1. The Bertz CT molecular complexity index is 618. The molecule has 18 heavy (non-hydrogen) atoms. The van der Waals surface area contributed by atoms with Crippen molar-refractivity contribution in [3.63, 3.8) is 0 Å². The maximum absolute atomic E-state index is 11.0. The summed E-state index contributed by atoms with van der Waals surface area (Å²) in [6.45, 7) is 3.76. The van der Waals surface area contributed by atoms with Crippen LogP contribution in [0.15, 0.2) is 36.4 Å². The molecule has 2 aromatic rings. The van der Waals surface area contributed by atoms with Crippen LogP contribution in [0, 0.1) is 13.8 Å². The van der Waals surface area contributed by atoms with E-state index in [0.29, 0.717) is 5.56 Å². The van der Waals surface area contributed by atoms with Crippen LogP contribution in [0.5, 0.6) is 0 Å². The van der Waals surface area contributed by atoms with Crippen LogP contribution in [0.3, 0.4) is 0 Å². The van der Waals surface area contributed by atoms with Crippen LogP contribution in [-0.2, 0) is 0 Å². The van der Waals surface area contributed by atoms with Gasteiger partial charge in [0.25, 0.3) is 0 Å². The van der Waals surface area contributed by atoms with Crippen LogP contribution < -0.4 is 5.73 Å². The van der Waals surface area contributed by atoms with Crippen LogP contribution in [0.2, 0.25) is 0 Å². The van der Waals surface area contributed by atoms with Gasteiger partial charge in [-0.1, -0.05) is 18.2 Å². The number of rotatable bonds is 2. The highest BCUT2D eigenvalue weighted by Crippen LogP contribution is 2.25. The zero-order chi connectivity index (χ0) is 13.3. The molecule has 0 amide bonds. The van der Waals surface area contributed by atoms with Crippen LogP contribution in [-0.4, -0.2) is 11.1 Å². The summed E-state index contributed by atoms with van der Waals surface area (Å²) in [5.41, 5.74) is 10.7. The lowest BCUT2D eigenvalue weighted by atomic mass is 9.98. The molecule has 92 valence electrons. The summed E-state index contributed by atoms with van der Waals surface area (Å²) < 4.78 is 0. The van der Waals surface area contributed by atoms with Gasteiger partial charge in [-0.2, -0.15) is 0 Å². The zero-order valence-electron chi connectivity index (χ0n) is 10.4. The monoisotopic (exact) mass is 241 g/mol. The molecule has 0 heterocycles. The molecule has 3 N–H and O–H groups in total. The van der Waals surface area contributed by atoms with Gasteiger partial charge in [0.2, 0.25) is 0 Å². The second-order valence-corrected chi connectivity index (χ2v) is 4.41. The van der Waals surface area contributed by atoms with E-state index in [0.717, 1.165) is 27.9 Å². The molecule has 3 nitrogen and oxygen atoms in total. The molecule has 2 aromatic carbocycles. The molecule has 3 heteroatoms. The second-order valence-electron chi connectivity index (χ2n) is 4.41. The summed E-state index contributed by atoms with van der Waals surface area (Å²) in [6.07, 6.45) is 0. The van der Waals surface area contributed by atoms with Crippen molar-refractivity contribution in [1.29, 1.82) is 0 Å². The first-order valence-electron chi connectivity index (χ1n) is 5.69. The van der Waals surface area contributed by atoms with Crippen LogP contribution >= 0.6 is 0 Å². The Morgan fingerprint density at radius 3 is 2.06 bits per heavy atom. The largest absolute Gasteiger partial charge is 0.478 e. The van der Waals surface area contributed by atoms with E-state index in [9.17, 15) is 4.79 Å². The molecule has 0 aromatic heterocycles. The van der Waals surface area contributed by atoms with Gasteiger partial charge in [-0.05, 0) is 54.3 Å². The number of hydrogen-bond acceptors (Lipinski definition) is 2. The average molecular weight is 241 g/mol. The normalized spacial score (nSPS) is 10.3. The molecular weight excluding hydrogens is 226 g/mol. The lowest BCUT2D eigenvalue weighted by Crippen LogP contribution is -1.99. The van der Waals surface area contributed by atoms with E-state index in [1.54, 1.807) is 13.0 Å². The average Bonchev–Trinajstić information content (AvgIpc) is 2.32. The van der Waals surface area contributed by atoms with Gasteiger partial charge in [-0.25, -0.2) is 4.79 Å². The first-order chi connectivity index (χ1) is 8.49. The van der Waals surface area contributed by atoms with Gasteiger partial charge in [0, 0.05) is 5.69 Å². The molecule has 0 saturated carbocycles. The van der Waals surface area contributed by atoms with E-state index < -0.39 is 5.97 Å². The third-order valence-electron chi connectivity index (χ3n) is 3.06. The van der Waals surface area contributed by atoms with Crippen LogP contribution in [0.25, 0.3) is 11.1 Å². The molecule has 0 aliphatic rings. The molecule has 0 saturated heterocycles. The Morgan fingerprint density at radius 1 is 1.00 bits per heavy atom. The number of hydrogen-bond donors (Lipinski definition) is 2. The van der Waals surface area contributed by atoms with E-state index in [4.69, 9.17) is 10.8 Å². The van der Waals surface area contributed by atoms with Gasteiger partial charge >= 0.3 is 5.97 Å². The van der Waals surface area contributed by atoms with E-state index in [2.05, 4.69) is 0 Å². The molecular formula is C15H15NO2. The summed E-state index contributed by atoms with van der Waals surface area (Å²) in [7, 11) is 0. The fourth-order valence-corrected chi connectivity index (χ4v) is 1.94. The maximum atomic E-state index is 11.0. The van der Waals surface area contributed by atoms with E-state index in [1.807, 2.05) is 37.3 Å². The first-order valence-corrected chi connectivity index (χ1v) is 5.69. The Balaban J connectivity index is 2.48. The van der Waals surface area contributed by atoms with Gasteiger partial charge in [0.1, 0.15) is 0 Å². The maximum Gasteiger partial charge on any atom is 0.335 e. The number of aryl methyl sites for hydroxylation is 2. The zero-order valence-corrected chi connectivity index (χ0v) is 10.4. The molecule has 0 atom stereocenters. The molecule has 0 unspecified atom stereocenters. The number of nitrogens with two attached hydrogens (primary N) is 1. The fourth-order valence-electron chi connectivity index (χ4n) is 1.94. The first kappa shape index (κ1) is 12.2. The molecule has 0 aliphatic heterocycles. The van der Waals surface area contributed by atoms with Crippen molar-refractivity contribution in [2.75, 3.05) is 5.73 Å². The minimum atomic E-state index is -0.896. The molecule has 0 radical (unpaired) electrons. The van der Waals surface area contributed by atoms with Gasteiger partial charge in [-0.3, -0.25) is 0 Å². The van der Waals surface area contributed by atoms with E-state index >= 15 is 0 Å². The number of anilines is 1. The summed E-state index contributed by atoms with van der Waals surface area (Å²) in [5, 5.41) is 8.99. The fraction of sp³-hybridized carbons (Fsp3) is 0.133. The Kier molecular flexibility index (Phi) is 3.06. The molecule has 0 spiro atoms. The van der Waals surface area contributed by atoms with Crippen LogP contribution in [0.4, 0.5) is 5.69 Å². The molecule has 2 rings (SSSR count). The summed E-state index contributed by atoms with van der Waals surface area (Å²) >= 11 is 0. The van der Waals surface area contributed by atoms with E-state index in [1.165, 1.54) is 0 Å². The van der Waals surface area contributed by atoms with Gasteiger partial charge in [0.05, 0.1) is 5.56 Å². The lowest BCUT2D eigenvalue weighted by molar-refractivity contribution is 0.0696. The number of nitrogen functional groups attached to an aromatic ring is 1. The van der Waals surface area contributed by atoms with Crippen molar-refractivity contribution >= 4 is 11.7 Å². The van der Waals surface area contributed by atoms with Crippen molar-refractivity contribution in [1.82, 2.24) is 0 Å². The van der Waals surface area contributed by atoms with Crippen molar-refractivity contribution in [2.24, 2.45) is 0 Å². The number of carboxylic acids is 1. The summed E-state index contributed by atoms with van der Waals surface area (Å²) in [5.74, 6) is -0.896.